The molecule has 0 fully saturated rings. The van der Waals surface area contributed by atoms with E-state index >= 15 is 0 Å². The normalized spacial score (nSPS) is 10.0. The van der Waals surface area contributed by atoms with E-state index in [-0.39, 0.29) is 11.7 Å². The lowest BCUT2D eigenvalue weighted by molar-refractivity contribution is 0.0950. The molecule has 2 aromatic rings. The smallest absolute Gasteiger partial charge is 0.251 e. The molecule has 2 rings (SSSR count). The van der Waals surface area contributed by atoms with Gasteiger partial charge < -0.3 is 19.9 Å². The van der Waals surface area contributed by atoms with E-state index in [1.807, 2.05) is 6.07 Å². The van der Waals surface area contributed by atoms with Gasteiger partial charge in [0, 0.05) is 23.7 Å². The first-order valence-corrected chi connectivity index (χ1v) is 6.42. The number of methoxy groups -OCH3 is 2. The van der Waals surface area contributed by atoms with Gasteiger partial charge in [-0.2, -0.15) is 0 Å². The van der Waals surface area contributed by atoms with Gasteiger partial charge in [0.15, 0.2) is 0 Å². The highest BCUT2D eigenvalue weighted by molar-refractivity contribution is 5.94. The van der Waals surface area contributed by atoms with Gasteiger partial charge in [0.05, 0.1) is 14.2 Å². The van der Waals surface area contributed by atoms with Gasteiger partial charge in [0.25, 0.3) is 5.91 Å². The molecule has 2 N–H and O–H groups in total. The molecule has 1 amide bonds. The summed E-state index contributed by atoms with van der Waals surface area (Å²) in [4.78, 5) is 12.0. The van der Waals surface area contributed by atoms with Gasteiger partial charge in [-0.3, -0.25) is 4.79 Å². The van der Waals surface area contributed by atoms with Gasteiger partial charge in [-0.25, -0.2) is 0 Å². The molecule has 0 aliphatic carbocycles. The van der Waals surface area contributed by atoms with E-state index in [9.17, 15) is 9.90 Å². The number of amides is 1. The molecular formula is C16H17NO4. The van der Waals surface area contributed by atoms with Crippen LogP contribution >= 0.6 is 0 Å². The molecule has 21 heavy (non-hydrogen) atoms. The maximum atomic E-state index is 12.0. The molecule has 0 aliphatic heterocycles. The van der Waals surface area contributed by atoms with Gasteiger partial charge in [0.2, 0.25) is 0 Å². The van der Waals surface area contributed by atoms with Crippen molar-refractivity contribution in [1.29, 1.82) is 0 Å². The summed E-state index contributed by atoms with van der Waals surface area (Å²) in [6.07, 6.45) is 0. The summed E-state index contributed by atoms with van der Waals surface area (Å²) in [6.45, 7) is 0.321. The number of rotatable bonds is 5. The van der Waals surface area contributed by atoms with E-state index < -0.39 is 0 Å². The van der Waals surface area contributed by atoms with Crippen LogP contribution < -0.4 is 14.8 Å². The number of nitrogens with one attached hydrogen (secondary N) is 1. The third-order valence-electron chi connectivity index (χ3n) is 3.04. The average molecular weight is 287 g/mol. The van der Waals surface area contributed by atoms with Gasteiger partial charge in [0.1, 0.15) is 17.2 Å². The molecule has 2 aromatic carbocycles. The highest BCUT2D eigenvalue weighted by atomic mass is 16.5. The maximum Gasteiger partial charge on any atom is 0.251 e. The standard InChI is InChI=1S/C16H17NO4/c1-20-14-7-6-12(15(9-14)21-2)10-17-16(19)11-4-3-5-13(18)8-11/h3-9,18H,10H2,1-2H3,(H,17,19). The molecule has 0 saturated heterocycles. The van der Waals surface area contributed by atoms with Crippen molar-refractivity contribution >= 4 is 5.91 Å². The number of phenols is 1. The Labute approximate surface area is 123 Å². The van der Waals surface area contributed by atoms with Gasteiger partial charge in [-0.15, -0.1) is 0 Å². The topological polar surface area (TPSA) is 67.8 Å². The van der Waals surface area contributed by atoms with E-state index in [0.29, 0.717) is 23.6 Å². The first-order chi connectivity index (χ1) is 10.1. The lowest BCUT2D eigenvalue weighted by Gasteiger charge is -2.11. The number of hydrogen-bond donors (Lipinski definition) is 2. The zero-order valence-electron chi connectivity index (χ0n) is 11.9. The van der Waals surface area contributed by atoms with Gasteiger partial charge >= 0.3 is 0 Å². The van der Waals surface area contributed by atoms with Crippen LogP contribution in [-0.2, 0) is 6.54 Å². The van der Waals surface area contributed by atoms with Crippen LogP contribution in [0.5, 0.6) is 17.2 Å². The van der Waals surface area contributed by atoms with Crippen LogP contribution in [0.1, 0.15) is 15.9 Å². The Morgan fingerprint density at radius 2 is 1.95 bits per heavy atom. The number of carbonyl (C=O) groups is 1. The van der Waals surface area contributed by atoms with Crippen LogP contribution in [0.2, 0.25) is 0 Å². The Hall–Kier alpha value is -2.69. The minimum absolute atomic E-state index is 0.0599. The second-order valence-corrected chi connectivity index (χ2v) is 4.41. The number of hydrogen-bond acceptors (Lipinski definition) is 4. The Kier molecular flexibility index (Phi) is 4.66. The summed E-state index contributed by atoms with van der Waals surface area (Å²) in [5, 5.41) is 12.2. The van der Waals surface area contributed by atoms with Crippen LogP contribution in [0.4, 0.5) is 0 Å². The van der Waals surface area contributed by atoms with Crippen molar-refractivity contribution in [3.63, 3.8) is 0 Å². The summed E-state index contributed by atoms with van der Waals surface area (Å²) in [5.41, 5.74) is 1.24. The zero-order chi connectivity index (χ0) is 15.2. The summed E-state index contributed by atoms with van der Waals surface area (Å²) >= 11 is 0. The molecule has 110 valence electrons. The number of ether oxygens (including phenoxy) is 2. The van der Waals surface area contributed by atoms with Crippen molar-refractivity contribution in [3.8, 4) is 17.2 Å². The SMILES string of the molecule is COc1ccc(CNC(=O)c2cccc(O)c2)c(OC)c1. The Morgan fingerprint density at radius 3 is 2.62 bits per heavy atom. The third kappa shape index (κ3) is 3.66. The zero-order valence-corrected chi connectivity index (χ0v) is 11.9. The van der Waals surface area contributed by atoms with E-state index in [1.54, 1.807) is 38.5 Å². The molecule has 5 heteroatoms. The largest absolute Gasteiger partial charge is 0.508 e. The van der Waals surface area contributed by atoms with E-state index in [2.05, 4.69) is 5.32 Å². The molecule has 0 unspecified atom stereocenters. The fraction of sp³-hybridized carbons (Fsp3) is 0.188. The van der Waals surface area contributed by atoms with Crippen molar-refractivity contribution in [2.45, 2.75) is 6.54 Å². The first kappa shape index (κ1) is 14.7. The third-order valence-corrected chi connectivity index (χ3v) is 3.04. The highest BCUT2D eigenvalue weighted by Crippen LogP contribution is 2.24. The minimum Gasteiger partial charge on any atom is -0.508 e. The van der Waals surface area contributed by atoms with Crippen LogP contribution in [0, 0.1) is 0 Å². The number of phenolic OH excluding ortho intramolecular Hbond substituents is 1. The Balaban J connectivity index is 2.07. The van der Waals surface area contributed by atoms with Crippen LogP contribution in [0.15, 0.2) is 42.5 Å². The quantitative estimate of drug-likeness (QED) is 0.885. The van der Waals surface area contributed by atoms with Crippen molar-refractivity contribution < 1.29 is 19.4 Å². The molecule has 0 bridgehead atoms. The fourth-order valence-electron chi connectivity index (χ4n) is 1.92. The first-order valence-electron chi connectivity index (χ1n) is 6.42. The lowest BCUT2D eigenvalue weighted by Crippen LogP contribution is -2.22. The van der Waals surface area contributed by atoms with Crippen molar-refractivity contribution in [2.24, 2.45) is 0 Å². The predicted molar refractivity (Wildman–Crippen MR) is 78.8 cm³/mol. The molecular weight excluding hydrogens is 270 g/mol. The molecule has 0 atom stereocenters. The van der Waals surface area contributed by atoms with Crippen LogP contribution in [0.3, 0.4) is 0 Å². The van der Waals surface area contributed by atoms with E-state index in [0.717, 1.165) is 5.56 Å². The lowest BCUT2D eigenvalue weighted by atomic mass is 10.1. The molecule has 0 heterocycles. The van der Waals surface area contributed by atoms with E-state index in [1.165, 1.54) is 12.1 Å². The number of carbonyl (C=O) groups excluding carboxylic acids is 1. The van der Waals surface area contributed by atoms with Gasteiger partial charge in [-0.1, -0.05) is 6.07 Å². The van der Waals surface area contributed by atoms with Crippen molar-refractivity contribution in [3.05, 3.63) is 53.6 Å². The number of aromatic hydroxyl groups is 1. The van der Waals surface area contributed by atoms with Crippen LogP contribution in [0.25, 0.3) is 0 Å². The highest BCUT2D eigenvalue weighted by Gasteiger charge is 2.09. The molecule has 5 nitrogen and oxygen atoms in total. The average Bonchev–Trinajstić information content (AvgIpc) is 2.52. The van der Waals surface area contributed by atoms with Crippen molar-refractivity contribution in [2.75, 3.05) is 14.2 Å². The van der Waals surface area contributed by atoms with Crippen LogP contribution in [-0.4, -0.2) is 25.2 Å². The summed E-state index contributed by atoms with van der Waals surface area (Å²) < 4.78 is 10.4. The molecule has 0 saturated carbocycles. The second kappa shape index (κ2) is 6.65. The summed E-state index contributed by atoms with van der Waals surface area (Å²) in [7, 11) is 3.15. The Bertz CT molecular complexity index is 640. The summed E-state index contributed by atoms with van der Waals surface area (Å²) in [5.74, 6) is 1.13. The monoisotopic (exact) mass is 287 g/mol. The minimum atomic E-state index is -0.260. The molecule has 0 spiro atoms. The summed E-state index contributed by atoms with van der Waals surface area (Å²) in [6, 6.07) is 11.6. The predicted octanol–water partition coefficient (Wildman–Crippen LogP) is 2.34. The Morgan fingerprint density at radius 1 is 1.14 bits per heavy atom. The van der Waals surface area contributed by atoms with Crippen molar-refractivity contribution in [1.82, 2.24) is 5.32 Å². The van der Waals surface area contributed by atoms with E-state index in [4.69, 9.17) is 9.47 Å². The fourth-order valence-corrected chi connectivity index (χ4v) is 1.92. The molecule has 0 aliphatic rings. The molecule has 0 aromatic heterocycles. The maximum absolute atomic E-state index is 12.0. The molecule has 0 radical (unpaired) electrons. The second-order valence-electron chi connectivity index (χ2n) is 4.41. The van der Waals surface area contributed by atoms with Gasteiger partial charge in [-0.05, 0) is 30.3 Å². The number of benzene rings is 2.